The topological polar surface area (TPSA) is 117 Å². The molecule has 3 heterocycles. The molecule has 0 amide bonds. The lowest BCUT2D eigenvalue weighted by Crippen LogP contribution is -2.14. The van der Waals surface area contributed by atoms with Crippen LogP contribution >= 0.6 is 0 Å². The summed E-state index contributed by atoms with van der Waals surface area (Å²) < 4.78 is 37.6. The summed E-state index contributed by atoms with van der Waals surface area (Å²) in [6.07, 6.45) is 1.71. The van der Waals surface area contributed by atoms with Crippen molar-refractivity contribution in [2.24, 2.45) is 7.05 Å². The first-order chi connectivity index (χ1) is 15.5. The maximum absolute atomic E-state index is 12.9. The molecule has 0 fully saturated rings. The standard InChI is InChI=1S/C22H25N7O3S/c1-13-15(3)29(12-23-13)20-11-21(25-17(5)24-20)32-19-9-7-18(8-10-19)27-33(30,31)22-14(2)26-28(6)16(22)4/h7-12,27H,1-6H3. The van der Waals surface area contributed by atoms with Gasteiger partial charge in [-0.1, -0.05) is 0 Å². The van der Waals surface area contributed by atoms with Crippen LogP contribution in [0.25, 0.3) is 5.82 Å². The average Bonchev–Trinajstić information content (AvgIpc) is 3.20. The molecule has 0 saturated heterocycles. The molecule has 0 saturated carbocycles. The molecule has 1 aromatic carbocycles. The third kappa shape index (κ3) is 4.44. The van der Waals surface area contributed by atoms with Crippen LogP contribution in [0.5, 0.6) is 11.6 Å². The highest BCUT2D eigenvalue weighted by Gasteiger charge is 2.23. The van der Waals surface area contributed by atoms with Gasteiger partial charge in [-0.3, -0.25) is 14.0 Å². The summed E-state index contributed by atoms with van der Waals surface area (Å²) in [6, 6.07) is 8.33. The molecule has 4 rings (SSSR count). The zero-order chi connectivity index (χ0) is 23.9. The summed E-state index contributed by atoms with van der Waals surface area (Å²) in [6.45, 7) is 9.08. The molecule has 33 heavy (non-hydrogen) atoms. The second-order valence-corrected chi connectivity index (χ2v) is 9.37. The van der Waals surface area contributed by atoms with E-state index in [1.54, 1.807) is 69.2 Å². The summed E-state index contributed by atoms with van der Waals surface area (Å²) in [4.78, 5) is 13.3. The first kappa shape index (κ1) is 22.5. The summed E-state index contributed by atoms with van der Waals surface area (Å²) in [7, 11) is -2.06. The maximum Gasteiger partial charge on any atom is 0.265 e. The Bertz CT molecular complexity index is 1440. The molecule has 11 heteroatoms. The van der Waals surface area contributed by atoms with Crippen molar-refractivity contribution < 1.29 is 13.2 Å². The monoisotopic (exact) mass is 467 g/mol. The molecule has 10 nitrogen and oxygen atoms in total. The largest absolute Gasteiger partial charge is 0.439 e. The summed E-state index contributed by atoms with van der Waals surface area (Å²) in [5.74, 6) is 2.09. The maximum atomic E-state index is 12.9. The Hall–Kier alpha value is -3.73. The second-order valence-electron chi connectivity index (χ2n) is 7.75. The van der Waals surface area contributed by atoms with Gasteiger partial charge in [-0.25, -0.2) is 18.4 Å². The minimum absolute atomic E-state index is 0.180. The second kappa shape index (κ2) is 8.32. The Labute approximate surface area is 192 Å². The molecule has 1 N–H and O–H groups in total. The van der Waals surface area contributed by atoms with E-state index in [-0.39, 0.29) is 4.90 Å². The van der Waals surface area contributed by atoms with Gasteiger partial charge in [0, 0.05) is 24.5 Å². The quantitative estimate of drug-likeness (QED) is 0.461. The van der Waals surface area contributed by atoms with Crippen LogP contribution in [0, 0.1) is 34.6 Å². The van der Waals surface area contributed by atoms with Crippen molar-refractivity contribution in [1.29, 1.82) is 0 Å². The van der Waals surface area contributed by atoms with Crippen molar-refractivity contribution in [3.8, 4) is 17.4 Å². The Morgan fingerprint density at radius 2 is 1.64 bits per heavy atom. The smallest absolute Gasteiger partial charge is 0.265 e. The van der Waals surface area contributed by atoms with Crippen LogP contribution in [0.3, 0.4) is 0 Å². The van der Waals surface area contributed by atoms with E-state index in [2.05, 4.69) is 24.8 Å². The van der Waals surface area contributed by atoms with E-state index in [1.165, 1.54) is 0 Å². The van der Waals surface area contributed by atoms with Crippen LogP contribution in [-0.4, -0.2) is 37.7 Å². The Balaban J connectivity index is 1.54. The van der Waals surface area contributed by atoms with Gasteiger partial charge in [-0.2, -0.15) is 10.1 Å². The third-order valence-electron chi connectivity index (χ3n) is 5.34. The fourth-order valence-corrected chi connectivity index (χ4v) is 4.99. The number of aryl methyl sites for hydroxylation is 4. The predicted molar refractivity (Wildman–Crippen MR) is 123 cm³/mol. The van der Waals surface area contributed by atoms with E-state index in [0.29, 0.717) is 40.3 Å². The summed E-state index contributed by atoms with van der Waals surface area (Å²) >= 11 is 0. The zero-order valence-corrected chi connectivity index (χ0v) is 20.1. The number of ether oxygens (including phenoxy) is 1. The van der Waals surface area contributed by atoms with Gasteiger partial charge in [0.1, 0.15) is 28.6 Å². The van der Waals surface area contributed by atoms with Gasteiger partial charge in [0.25, 0.3) is 10.0 Å². The molecule has 0 unspecified atom stereocenters. The van der Waals surface area contributed by atoms with Crippen LogP contribution in [0.2, 0.25) is 0 Å². The van der Waals surface area contributed by atoms with Gasteiger partial charge in [0.15, 0.2) is 0 Å². The lowest BCUT2D eigenvalue weighted by molar-refractivity contribution is 0.459. The van der Waals surface area contributed by atoms with E-state index < -0.39 is 10.0 Å². The Morgan fingerprint density at radius 1 is 0.939 bits per heavy atom. The molecule has 0 aliphatic rings. The van der Waals surface area contributed by atoms with Crippen LogP contribution in [0.15, 0.2) is 41.6 Å². The highest BCUT2D eigenvalue weighted by atomic mass is 32.2. The van der Waals surface area contributed by atoms with E-state index in [1.807, 2.05) is 18.4 Å². The van der Waals surface area contributed by atoms with E-state index in [4.69, 9.17) is 4.74 Å². The van der Waals surface area contributed by atoms with Crippen LogP contribution in [-0.2, 0) is 17.1 Å². The van der Waals surface area contributed by atoms with E-state index >= 15 is 0 Å². The summed E-state index contributed by atoms with van der Waals surface area (Å²) in [5.41, 5.74) is 3.33. The molecule has 0 spiro atoms. The molecule has 172 valence electrons. The minimum Gasteiger partial charge on any atom is -0.439 e. The van der Waals surface area contributed by atoms with Crippen molar-refractivity contribution in [2.75, 3.05) is 4.72 Å². The lowest BCUT2D eigenvalue weighted by atomic mass is 10.3. The van der Waals surface area contributed by atoms with Gasteiger partial charge in [-0.05, 0) is 58.9 Å². The predicted octanol–water partition coefficient (Wildman–Crippen LogP) is 3.53. The lowest BCUT2D eigenvalue weighted by Gasteiger charge is -2.11. The normalized spacial score (nSPS) is 11.6. The first-order valence-electron chi connectivity index (χ1n) is 10.2. The van der Waals surface area contributed by atoms with Gasteiger partial charge in [-0.15, -0.1) is 0 Å². The van der Waals surface area contributed by atoms with Crippen molar-refractivity contribution in [3.63, 3.8) is 0 Å². The van der Waals surface area contributed by atoms with E-state index in [0.717, 1.165) is 11.4 Å². The molecular weight excluding hydrogens is 442 g/mol. The number of hydrogen-bond donors (Lipinski definition) is 1. The van der Waals surface area contributed by atoms with Crippen molar-refractivity contribution in [2.45, 2.75) is 39.5 Å². The zero-order valence-electron chi connectivity index (χ0n) is 19.3. The number of rotatable bonds is 6. The molecule has 0 atom stereocenters. The number of imidazole rings is 1. The minimum atomic E-state index is -3.77. The Kier molecular flexibility index (Phi) is 5.66. The molecule has 4 aromatic rings. The number of aromatic nitrogens is 6. The first-order valence-corrected chi connectivity index (χ1v) is 11.7. The fraction of sp³-hybridized carbons (Fsp3) is 0.273. The highest BCUT2D eigenvalue weighted by molar-refractivity contribution is 7.92. The highest BCUT2D eigenvalue weighted by Crippen LogP contribution is 2.26. The molecular formula is C22H25N7O3S. The molecule has 0 bridgehead atoms. The van der Waals surface area contributed by atoms with E-state index in [9.17, 15) is 8.42 Å². The number of sulfonamides is 1. The van der Waals surface area contributed by atoms with Crippen LogP contribution in [0.4, 0.5) is 5.69 Å². The van der Waals surface area contributed by atoms with Crippen LogP contribution < -0.4 is 9.46 Å². The van der Waals surface area contributed by atoms with Gasteiger partial charge < -0.3 is 4.74 Å². The number of benzene rings is 1. The number of nitrogens with one attached hydrogen (secondary N) is 1. The Morgan fingerprint density at radius 3 is 2.21 bits per heavy atom. The van der Waals surface area contributed by atoms with Crippen molar-refractivity contribution in [1.82, 2.24) is 29.3 Å². The SMILES string of the molecule is Cc1nc(Oc2ccc(NS(=O)(=O)c3c(C)nn(C)c3C)cc2)cc(-n2cnc(C)c2C)n1. The average molecular weight is 468 g/mol. The summed E-state index contributed by atoms with van der Waals surface area (Å²) in [5, 5.41) is 4.18. The van der Waals surface area contributed by atoms with Crippen LogP contribution in [0.1, 0.15) is 28.6 Å². The van der Waals surface area contributed by atoms with Crippen molar-refractivity contribution >= 4 is 15.7 Å². The van der Waals surface area contributed by atoms with Gasteiger partial charge >= 0.3 is 0 Å². The molecule has 0 aliphatic carbocycles. The number of hydrogen-bond acceptors (Lipinski definition) is 7. The fourth-order valence-electron chi connectivity index (χ4n) is 3.49. The number of nitrogens with zero attached hydrogens (tertiary/aromatic N) is 6. The molecule has 0 radical (unpaired) electrons. The van der Waals surface area contributed by atoms with Crippen molar-refractivity contribution in [3.05, 3.63) is 65.3 Å². The van der Waals surface area contributed by atoms with Gasteiger partial charge in [0.05, 0.1) is 17.1 Å². The van der Waals surface area contributed by atoms with Gasteiger partial charge in [0.2, 0.25) is 5.88 Å². The third-order valence-corrected chi connectivity index (χ3v) is 6.97. The number of anilines is 1. The molecule has 3 aromatic heterocycles. The molecule has 0 aliphatic heterocycles.